The molecular weight excluding hydrogens is 454 g/mol. The summed E-state index contributed by atoms with van der Waals surface area (Å²) in [5.41, 5.74) is 2.71. The lowest BCUT2D eigenvalue weighted by atomic mass is 10.1. The molecule has 8 heteroatoms. The monoisotopic (exact) mass is 483 g/mol. The second-order valence-corrected chi connectivity index (χ2v) is 8.47. The lowest BCUT2D eigenvalue weighted by Gasteiger charge is -2.09. The van der Waals surface area contributed by atoms with Crippen molar-refractivity contribution in [3.8, 4) is 5.75 Å². The van der Waals surface area contributed by atoms with Gasteiger partial charge >= 0.3 is 0 Å². The predicted octanol–water partition coefficient (Wildman–Crippen LogP) is 4.27. The molecule has 3 aromatic rings. The van der Waals surface area contributed by atoms with Gasteiger partial charge in [0.1, 0.15) is 5.75 Å². The van der Waals surface area contributed by atoms with E-state index in [0.717, 1.165) is 23.8 Å². The van der Waals surface area contributed by atoms with Gasteiger partial charge in [0.15, 0.2) is 0 Å². The fraction of sp³-hybridized carbons (Fsp3) is 0.346. The van der Waals surface area contributed by atoms with E-state index in [1.807, 2.05) is 26.0 Å². The molecular formula is C26H30ClN3O4. The van der Waals surface area contributed by atoms with Crippen LogP contribution in [0.3, 0.4) is 0 Å². The molecule has 0 bridgehead atoms. The topological polar surface area (TPSA) is 89.4 Å². The van der Waals surface area contributed by atoms with Crippen molar-refractivity contribution in [2.75, 3.05) is 20.2 Å². The molecule has 2 aromatic carbocycles. The first-order valence-corrected chi connectivity index (χ1v) is 11.7. The van der Waals surface area contributed by atoms with Crippen LogP contribution in [-0.2, 0) is 16.0 Å². The zero-order valence-electron chi connectivity index (χ0n) is 19.7. The third kappa shape index (κ3) is 5.97. The predicted molar refractivity (Wildman–Crippen MR) is 134 cm³/mol. The summed E-state index contributed by atoms with van der Waals surface area (Å²) >= 11 is 5.98. The van der Waals surface area contributed by atoms with Gasteiger partial charge in [-0.2, -0.15) is 0 Å². The summed E-state index contributed by atoms with van der Waals surface area (Å²) in [4.78, 5) is 37.3. The van der Waals surface area contributed by atoms with Gasteiger partial charge in [0.2, 0.25) is 11.8 Å². The van der Waals surface area contributed by atoms with Gasteiger partial charge in [-0.15, -0.1) is 0 Å². The minimum atomic E-state index is -0.190. The minimum Gasteiger partial charge on any atom is -0.497 e. The van der Waals surface area contributed by atoms with Gasteiger partial charge in [-0.1, -0.05) is 18.5 Å². The molecule has 2 N–H and O–H groups in total. The van der Waals surface area contributed by atoms with Crippen molar-refractivity contribution in [1.29, 1.82) is 0 Å². The molecule has 3 rings (SSSR count). The number of fused-ring (bicyclic) bond motifs is 1. The molecule has 0 fully saturated rings. The number of carbonyl (C=O) groups is 3. The number of nitrogens with one attached hydrogen (secondary N) is 2. The average molecular weight is 484 g/mol. The van der Waals surface area contributed by atoms with Crippen LogP contribution in [-0.4, -0.2) is 42.5 Å². The Morgan fingerprint density at radius 3 is 2.24 bits per heavy atom. The lowest BCUT2D eigenvalue weighted by molar-refractivity contribution is -0.121. The molecule has 0 saturated carbocycles. The van der Waals surface area contributed by atoms with E-state index in [4.69, 9.17) is 16.3 Å². The van der Waals surface area contributed by atoms with Crippen LogP contribution in [0, 0.1) is 6.92 Å². The summed E-state index contributed by atoms with van der Waals surface area (Å²) in [5, 5.41) is 7.12. The van der Waals surface area contributed by atoms with E-state index in [1.54, 1.807) is 42.0 Å². The number of hydrogen-bond acceptors (Lipinski definition) is 4. The van der Waals surface area contributed by atoms with E-state index in [0.29, 0.717) is 47.1 Å². The number of hydrogen-bond donors (Lipinski definition) is 2. The highest BCUT2D eigenvalue weighted by molar-refractivity contribution is 6.30. The number of carbonyl (C=O) groups excluding carboxylic acids is 3. The first kappa shape index (κ1) is 25.3. The molecule has 0 spiro atoms. The third-order valence-electron chi connectivity index (χ3n) is 5.74. The number of benzene rings is 2. The number of ether oxygens (including phenoxy) is 1. The highest BCUT2D eigenvalue weighted by atomic mass is 35.5. The summed E-state index contributed by atoms with van der Waals surface area (Å²) in [6, 6.07) is 12.2. The average Bonchev–Trinajstić information content (AvgIpc) is 3.11. The lowest BCUT2D eigenvalue weighted by Crippen LogP contribution is -2.28. The zero-order chi connectivity index (χ0) is 24.7. The van der Waals surface area contributed by atoms with Gasteiger partial charge in [-0.05, 0) is 67.8 Å². The maximum absolute atomic E-state index is 13.3. The number of methoxy groups -OCH3 is 1. The van der Waals surface area contributed by atoms with Gasteiger partial charge in [0.05, 0.1) is 19.0 Å². The highest BCUT2D eigenvalue weighted by Gasteiger charge is 2.22. The van der Waals surface area contributed by atoms with Crippen molar-refractivity contribution in [2.24, 2.45) is 0 Å². The molecule has 7 nitrogen and oxygen atoms in total. The molecule has 0 unspecified atom stereocenters. The molecule has 0 aliphatic rings. The first-order valence-electron chi connectivity index (χ1n) is 11.4. The van der Waals surface area contributed by atoms with E-state index in [1.165, 1.54) is 0 Å². The maximum atomic E-state index is 13.3. The van der Waals surface area contributed by atoms with Crippen molar-refractivity contribution in [3.63, 3.8) is 0 Å². The number of amides is 2. The number of halogens is 1. The van der Waals surface area contributed by atoms with E-state index in [9.17, 15) is 14.4 Å². The quantitative estimate of drug-likeness (QED) is 0.421. The largest absolute Gasteiger partial charge is 0.497 e. The molecule has 180 valence electrons. The summed E-state index contributed by atoms with van der Waals surface area (Å²) in [5.74, 6) is 0.366. The summed E-state index contributed by atoms with van der Waals surface area (Å²) in [6.45, 7) is 4.78. The van der Waals surface area contributed by atoms with Crippen LogP contribution in [0.25, 0.3) is 10.9 Å². The van der Waals surface area contributed by atoms with Gasteiger partial charge in [-0.25, -0.2) is 0 Å². The summed E-state index contributed by atoms with van der Waals surface area (Å²) < 4.78 is 7.01. The fourth-order valence-electron chi connectivity index (χ4n) is 3.85. The minimum absolute atomic E-state index is 0.0273. The van der Waals surface area contributed by atoms with E-state index in [-0.39, 0.29) is 24.1 Å². The van der Waals surface area contributed by atoms with Gasteiger partial charge in [0, 0.05) is 41.2 Å². The molecule has 0 radical (unpaired) electrons. The van der Waals surface area contributed by atoms with Crippen LogP contribution >= 0.6 is 11.6 Å². The Hall–Kier alpha value is -3.32. The van der Waals surface area contributed by atoms with E-state index >= 15 is 0 Å². The van der Waals surface area contributed by atoms with Gasteiger partial charge in [-0.3, -0.25) is 19.0 Å². The molecule has 0 saturated heterocycles. The smallest absolute Gasteiger partial charge is 0.262 e. The fourth-order valence-corrected chi connectivity index (χ4v) is 3.98. The SMILES string of the molecule is CCC(=O)NCCCCNC(=O)Cc1c(C)n(C(=O)c2ccc(Cl)cc2)c2ccc(OC)cc12. The van der Waals surface area contributed by atoms with Crippen LogP contribution in [0.4, 0.5) is 0 Å². The Morgan fingerprint density at radius 2 is 1.62 bits per heavy atom. The van der Waals surface area contributed by atoms with Crippen LogP contribution in [0.15, 0.2) is 42.5 Å². The second-order valence-electron chi connectivity index (χ2n) is 8.03. The zero-order valence-corrected chi connectivity index (χ0v) is 20.5. The Balaban J connectivity index is 1.78. The third-order valence-corrected chi connectivity index (χ3v) is 5.99. The van der Waals surface area contributed by atoms with Crippen LogP contribution in [0.1, 0.15) is 47.8 Å². The van der Waals surface area contributed by atoms with Crippen molar-refractivity contribution in [2.45, 2.75) is 39.5 Å². The Bertz CT molecular complexity index is 1180. The number of rotatable bonds is 10. The Labute approximate surface area is 204 Å². The standard InChI is InChI=1S/C26H30ClN3O4/c1-4-24(31)28-13-5-6-14-29-25(32)16-21-17(2)30(23-12-11-20(34-3)15-22(21)23)26(33)18-7-9-19(27)10-8-18/h7-12,15H,4-6,13-14,16H2,1-3H3,(H,28,31)(H,29,32). The van der Waals surface area contributed by atoms with Crippen LogP contribution in [0.5, 0.6) is 5.75 Å². The molecule has 0 aliphatic heterocycles. The molecule has 1 aromatic heterocycles. The van der Waals surface area contributed by atoms with Crippen molar-refractivity contribution >= 4 is 40.2 Å². The van der Waals surface area contributed by atoms with Crippen molar-refractivity contribution < 1.29 is 19.1 Å². The molecule has 1 heterocycles. The Kier molecular flexibility index (Phi) is 8.71. The molecule has 0 aliphatic carbocycles. The van der Waals surface area contributed by atoms with Crippen molar-refractivity contribution in [1.82, 2.24) is 15.2 Å². The number of unbranched alkanes of at least 4 members (excludes halogenated alkanes) is 1. The Morgan fingerprint density at radius 1 is 0.971 bits per heavy atom. The van der Waals surface area contributed by atoms with Crippen LogP contribution in [0.2, 0.25) is 5.02 Å². The molecule has 2 amide bonds. The first-order chi connectivity index (χ1) is 16.3. The normalized spacial score (nSPS) is 10.8. The van der Waals surface area contributed by atoms with E-state index in [2.05, 4.69) is 10.6 Å². The van der Waals surface area contributed by atoms with E-state index < -0.39 is 0 Å². The highest BCUT2D eigenvalue weighted by Crippen LogP contribution is 2.30. The van der Waals surface area contributed by atoms with Gasteiger partial charge < -0.3 is 15.4 Å². The summed E-state index contributed by atoms with van der Waals surface area (Å²) in [6.07, 6.45) is 2.16. The number of aromatic nitrogens is 1. The van der Waals surface area contributed by atoms with Crippen molar-refractivity contribution in [3.05, 3.63) is 64.3 Å². The maximum Gasteiger partial charge on any atom is 0.262 e. The molecule has 34 heavy (non-hydrogen) atoms. The van der Waals surface area contributed by atoms with Gasteiger partial charge in [0.25, 0.3) is 5.91 Å². The second kappa shape index (κ2) is 11.7. The summed E-state index contributed by atoms with van der Waals surface area (Å²) in [7, 11) is 1.58. The number of nitrogens with zero attached hydrogens (tertiary/aromatic N) is 1. The van der Waals surface area contributed by atoms with Crippen LogP contribution < -0.4 is 15.4 Å². The molecule has 0 atom stereocenters.